The molecule has 2 atom stereocenters. The Morgan fingerprint density at radius 2 is 1.66 bits per heavy atom. The monoisotopic (exact) mass is 421 g/mol. The summed E-state index contributed by atoms with van der Waals surface area (Å²) in [6.07, 6.45) is 0. The second-order valence-electron chi connectivity index (χ2n) is 6.71. The number of hydrogen-bond acceptors (Lipinski definition) is 4. The molecule has 6 heteroatoms. The molecule has 0 aliphatic carbocycles. The van der Waals surface area contributed by atoms with Crippen LogP contribution in [0.15, 0.2) is 82.7 Å². The van der Waals surface area contributed by atoms with E-state index in [1.165, 1.54) is 12.1 Å². The Morgan fingerprint density at radius 3 is 2.28 bits per heavy atom. The van der Waals surface area contributed by atoms with Crippen LogP contribution in [-0.2, 0) is 0 Å². The first-order valence-corrected chi connectivity index (χ1v) is 10.3. The van der Waals surface area contributed by atoms with E-state index in [0.29, 0.717) is 10.6 Å². The molecular weight excluding hydrogens is 405 g/mol. The lowest BCUT2D eigenvalue weighted by atomic mass is 10.1. The SMILES string of the molecule is CN1C(c2ccc(F)cc2)=NC(c2ccc(C#N)cc2)C1Sc1ccc(Cl)cc1. The smallest absolute Gasteiger partial charge is 0.132 e. The van der Waals surface area contributed by atoms with Crippen molar-refractivity contribution in [1.29, 1.82) is 5.26 Å². The Morgan fingerprint density at radius 1 is 1.00 bits per heavy atom. The number of hydrogen-bond donors (Lipinski definition) is 0. The summed E-state index contributed by atoms with van der Waals surface area (Å²) in [7, 11) is 2.00. The topological polar surface area (TPSA) is 39.4 Å². The van der Waals surface area contributed by atoms with E-state index in [9.17, 15) is 4.39 Å². The molecule has 0 saturated heterocycles. The van der Waals surface area contributed by atoms with Crippen molar-refractivity contribution in [2.45, 2.75) is 16.3 Å². The van der Waals surface area contributed by atoms with Crippen molar-refractivity contribution >= 4 is 29.2 Å². The first kappa shape index (κ1) is 19.5. The maximum absolute atomic E-state index is 13.4. The molecule has 3 aromatic carbocycles. The van der Waals surface area contributed by atoms with Crippen LogP contribution in [0.3, 0.4) is 0 Å². The Labute approximate surface area is 178 Å². The molecule has 4 rings (SSSR count). The number of halogens is 2. The minimum atomic E-state index is -0.272. The zero-order chi connectivity index (χ0) is 20.4. The van der Waals surface area contributed by atoms with Gasteiger partial charge in [-0.05, 0) is 66.2 Å². The van der Waals surface area contributed by atoms with Crippen molar-refractivity contribution in [3.05, 3.63) is 100 Å². The fraction of sp³-hybridized carbons (Fsp3) is 0.130. The molecular formula is C23H17ClFN3S. The largest absolute Gasteiger partial charge is 0.345 e. The van der Waals surface area contributed by atoms with Crippen molar-refractivity contribution in [3.63, 3.8) is 0 Å². The Balaban J connectivity index is 1.71. The highest BCUT2D eigenvalue weighted by atomic mass is 35.5. The van der Waals surface area contributed by atoms with E-state index in [1.807, 2.05) is 55.6 Å². The summed E-state index contributed by atoms with van der Waals surface area (Å²) in [5, 5.41) is 9.79. The molecule has 144 valence electrons. The van der Waals surface area contributed by atoms with Gasteiger partial charge < -0.3 is 4.90 Å². The summed E-state index contributed by atoms with van der Waals surface area (Å²) in [5.41, 5.74) is 2.51. The number of amidine groups is 1. The highest BCUT2D eigenvalue weighted by Crippen LogP contribution is 2.41. The minimum Gasteiger partial charge on any atom is -0.345 e. The third-order valence-corrected chi connectivity index (χ3v) is 6.41. The molecule has 0 aromatic heterocycles. The van der Waals surface area contributed by atoms with E-state index >= 15 is 0 Å². The molecule has 2 unspecified atom stereocenters. The molecule has 0 amide bonds. The van der Waals surface area contributed by atoms with Crippen molar-refractivity contribution in [3.8, 4) is 6.07 Å². The number of nitriles is 1. The van der Waals surface area contributed by atoms with Crippen LogP contribution in [0, 0.1) is 17.1 Å². The second kappa shape index (κ2) is 8.28. The molecule has 1 aliphatic rings. The predicted molar refractivity (Wildman–Crippen MR) is 116 cm³/mol. The Bertz CT molecular complexity index is 1070. The normalized spacial score (nSPS) is 18.4. The lowest BCUT2D eigenvalue weighted by Crippen LogP contribution is -2.32. The zero-order valence-corrected chi connectivity index (χ0v) is 17.2. The van der Waals surface area contributed by atoms with Gasteiger partial charge in [-0.15, -0.1) is 0 Å². The number of benzene rings is 3. The molecule has 0 radical (unpaired) electrons. The molecule has 0 fully saturated rings. The van der Waals surface area contributed by atoms with Crippen LogP contribution >= 0.6 is 23.4 Å². The quantitative estimate of drug-likeness (QED) is 0.526. The van der Waals surface area contributed by atoms with Crippen LogP contribution < -0.4 is 0 Å². The first-order chi connectivity index (χ1) is 14.0. The van der Waals surface area contributed by atoms with Gasteiger partial charge in [-0.25, -0.2) is 4.39 Å². The molecule has 1 aliphatic heterocycles. The van der Waals surface area contributed by atoms with E-state index in [0.717, 1.165) is 21.9 Å². The van der Waals surface area contributed by atoms with Gasteiger partial charge in [0.05, 0.1) is 11.6 Å². The van der Waals surface area contributed by atoms with Gasteiger partial charge in [0.2, 0.25) is 0 Å². The molecule has 0 spiro atoms. The van der Waals surface area contributed by atoms with Crippen LogP contribution in [-0.4, -0.2) is 23.2 Å². The van der Waals surface area contributed by atoms with Crippen molar-refractivity contribution in [2.24, 2.45) is 4.99 Å². The van der Waals surface area contributed by atoms with E-state index in [1.54, 1.807) is 23.9 Å². The van der Waals surface area contributed by atoms with Crippen molar-refractivity contribution in [2.75, 3.05) is 7.05 Å². The number of rotatable bonds is 4. The van der Waals surface area contributed by atoms with Crippen LogP contribution in [0.25, 0.3) is 0 Å². The van der Waals surface area contributed by atoms with E-state index in [-0.39, 0.29) is 17.2 Å². The summed E-state index contributed by atoms with van der Waals surface area (Å²) in [6.45, 7) is 0. The summed E-state index contributed by atoms with van der Waals surface area (Å²) in [6, 6.07) is 23.7. The lowest BCUT2D eigenvalue weighted by Gasteiger charge is -2.26. The average Bonchev–Trinajstić information content (AvgIpc) is 3.06. The summed E-state index contributed by atoms with van der Waals surface area (Å²) in [4.78, 5) is 8.18. The second-order valence-corrected chi connectivity index (χ2v) is 8.34. The summed E-state index contributed by atoms with van der Waals surface area (Å²) < 4.78 is 13.4. The summed E-state index contributed by atoms with van der Waals surface area (Å²) >= 11 is 7.72. The number of likely N-dealkylation sites (N-methyl/N-ethyl adjacent to an activating group) is 1. The van der Waals surface area contributed by atoms with E-state index < -0.39 is 0 Å². The molecule has 0 bridgehead atoms. The molecule has 1 heterocycles. The van der Waals surface area contributed by atoms with Gasteiger partial charge in [0.25, 0.3) is 0 Å². The lowest BCUT2D eigenvalue weighted by molar-refractivity contribution is 0.467. The van der Waals surface area contributed by atoms with Crippen molar-refractivity contribution < 1.29 is 4.39 Å². The fourth-order valence-corrected chi connectivity index (χ4v) is 4.59. The van der Waals surface area contributed by atoms with Gasteiger partial charge in [0, 0.05) is 22.5 Å². The molecule has 0 N–H and O–H groups in total. The zero-order valence-electron chi connectivity index (χ0n) is 15.6. The highest BCUT2D eigenvalue weighted by molar-refractivity contribution is 8.00. The highest BCUT2D eigenvalue weighted by Gasteiger charge is 2.36. The Hall–Kier alpha value is -2.81. The van der Waals surface area contributed by atoms with Gasteiger partial charge in [-0.1, -0.05) is 35.5 Å². The maximum atomic E-state index is 13.4. The number of nitrogens with zero attached hydrogens (tertiary/aromatic N) is 3. The van der Waals surface area contributed by atoms with Gasteiger partial charge in [0.1, 0.15) is 23.1 Å². The number of aliphatic imine (C=N–C) groups is 1. The third-order valence-electron chi connectivity index (χ3n) is 4.80. The van der Waals surface area contributed by atoms with Crippen LogP contribution in [0.2, 0.25) is 5.02 Å². The van der Waals surface area contributed by atoms with Crippen molar-refractivity contribution in [1.82, 2.24) is 4.90 Å². The van der Waals surface area contributed by atoms with Gasteiger partial charge in [-0.3, -0.25) is 4.99 Å². The van der Waals surface area contributed by atoms with Crippen LogP contribution in [0.1, 0.15) is 22.7 Å². The predicted octanol–water partition coefficient (Wildman–Crippen LogP) is 5.90. The Kier molecular flexibility index (Phi) is 5.57. The van der Waals surface area contributed by atoms with Gasteiger partial charge in [0.15, 0.2) is 0 Å². The van der Waals surface area contributed by atoms with Crippen LogP contribution in [0.4, 0.5) is 4.39 Å². The van der Waals surface area contributed by atoms with Crippen LogP contribution in [0.5, 0.6) is 0 Å². The fourth-order valence-electron chi connectivity index (χ4n) is 3.29. The van der Waals surface area contributed by atoms with E-state index in [2.05, 4.69) is 11.0 Å². The van der Waals surface area contributed by atoms with Gasteiger partial charge >= 0.3 is 0 Å². The minimum absolute atomic E-state index is 0.00386. The molecule has 29 heavy (non-hydrogen) atoms. The molecule has 3 nitrogen and oxygen atoms in total. The maximum Gasteiger partial charge on any atom is 0.132 e. The first-order valence-electron chi connectivity index (χ1n) is 9.04. The summed E-state index contributed by atoms with van der Waals surface area (Å²) in [5.74, 6) is 0.538. The standard InChI is InChI=1S/C23H17ClFN3S/c1-28-22(17-6-10-19(25)11-7-17)27-21(16-4-2-15(14-26)3-5-16)23(28)29-20-12-8-18(24)9-13-20/h2-13,21,23H,1H3. The van der Waals surface area contributed by atoms with E-state index in [4.69, 9.17) is 21.9 Å². The molecule has 3 aromatic rings. The third kappa shape index (κ3) is 4.14. The molecule has 0 saturated carbocycles. The van der Waals surface area contributed by atoms with Gasteiger partial charge in [-0.2, -0.15) is 5.26 Å². The average molecular weight is 422 g/mol. The number of thioether (sulfide) groups is 1.